The van der Waals surface area contributed by atoms with Gasteiger partial charge in [0.15, 0.2) is 0 Å². The van der Waals surface area contributed by atoms with Gasteiger partial charge in [0.1, 0.15) is 6.61 Å². The summed E-state index contributed by atoms with van der Waals surface area (Å²) in [5.74, 6) is -0.0291. The zero-order valence-electron chi connectivity index (χ0n) is 7.04. The second kappa shape index (κ2) is 6.43. The van der Waals surface area contributed by atoms with E-state index in [1.165, 1.54) is 0 Å². The minimum Gasteiger partial charge on any atom is -0.448 e. The zero-order chi connectivity index (χ0) is 9.40. The Hall–Kier alpha value is -1.28. The summed E-state index contributed by atoms with van der Waals surface area (Å²) in [5, 5.41) is 11.3. The van der Waals surface area contributed by atoms with E-state index in [1.54, 1.807) is 0 Å². The maximum Gasteiger partial charge on any atom is 0.404 e. The van der Waals surface area contributed by atoms with E-state index in [0.717, 1.165) is 0 Å². The third kappa shape index (κ3) is 6.83. The summed E-state index contributed by atoms with van der Waals surface area (Å²) in [4.78, 5) is 10.1. The van der Waals surface area contributed by atoms with Crippen molar-refractivity contribution in [2.75, 3.05) is 19.7 Å². The average molecular weight is 171 g/mol. The number of nitriles is 1. The Bertz CT molecular complexity index is 176. The van der Waals surface area contributed by atoms with E-state index < -0.39 is 6.09 Å². The largest absolute Gasteiger partial charge is 0.448 e. The molecule has 0 aromatic rings. The van der Waals surface area contributed by atoms with Crippen LogP contribution in [0.15, 0.2) is 0 Å². The van der Waals surface area contributed by atoms with Gasteiger partial charge in [-0.3, -0.25) is 0 Å². The molecule has 0 aliphatic heterocycles. The highest BCUT2D eigenvalue weighted by Crippen LogP contribution is 1.86. The standard InChI is InChI=1S/C7H13N3O2/c1-6(4-8)5-10-2-3-12-7(9)11/h6,10H,2-3,5H2,1H3,(H2,9,11). The molecule has 5 nitrogen and oxygen atoms in total. The lowest BCUT2D eigenvalue weighted by Crippen LogP contribution is -2.26. The van der Waals surface area contributed by atoms with Crippen molar-refractivity contribution in [1.82, 2.24) is 5.32 Å². The average Bonchev–Trinajstić information content (AvgIpc) is 2.03. The highest BCUT2D eigenvalue weighted by molar-refractivity contribution is 5.64. The van der Waals surface area contributed by atoms with Gasteiger partial charge in [-0.1, -0.05) is 0 Å². The highest BCUT2D eigenvalue weighted by atomic mass is 16.5. The van der Waals surface area contributed by atoms with Crippen molar-refractivity contribution in [3.8, 4) is 6.07 Å². The lowest BCUT2D eigenvalue weighted by atomic mass is 10.2. The van der Waals surface area contributed by atoms with Crippen LogP contribution in [0.25, 0.3) is 0 Å². The summed E-state index contributed by atoms with van der Waals surface area (Å²) in [7, 11) is 0. The van der Waals surface area contributed by atoms with Crippen LogP contribution < -0.4 is 11.1 Å². The molecule has 12 heavy (non-hydrogen) atoms. The predicted molar refractivity (Wildman–Crippen MR) is 43.2 cm³/mol. The van der Waals surface area contributed by atoms with E-state index in [4.69, 9.17) is 11.0 Å². The molecule has 0 aliphatic carbocycles. The van der Waals surface area contributed by atoms with Crippen LogP contribution in [0, 0.1) is 17.2 Å². The van der Waals surface area contributed by atoms with Crippen LogP contribution in [-0.4, -0.2) is 25.8 Å². The molecule has 0 aromatic carbocycles. The smallest absolute Gasteiger partial charge is 0.404 e. The van der Waals surface area contributed by atoms with Crippen LogP contribution in [0.3, 0.4) is 0 Å². The molecule has 1 atom stereocenters. The van der Waals surface area contributed by atoms with Crippen molar-refractivity contribution in [2.24, 2.45) is 11.7 Å². The van der Waals surface area contributed by atoms with Crippen LogP contribution >= 0.6 is 0 Å². The summed E-state index contributed by atoms with van der Waals surface area (Å²) in [6.07, 6.45) is -0.773. The first-order valence-corrected chi connectivity index (χ1v) is 3.69. The third-order valence-electron chi connectivity index (χ3n) is 1.19. The Morgan fingerprint density at radius 3 is 3.00 bits per heavy atom. The Kier molecular flexibility index (Phi) is 5.75. The molecule has 1 unspecified atom stereocenters. The molecule has 0 saturated carbocycles. The third-order valence-corrected chi connectivity index (χ3v) is 1.19. The van der Waals surface area contributed by atoms with Crippen LogP contribution in [0.5, 0.6) is 0 Å². The fourth-order valence-electron chi connectivity index (χ4n) is 0.588. The summed E-state index contributed by atoms with van der Waals surface area (Å²) < 4.78 is 4.45. The number of amides is 1. The predicted octanol–water partition coefficient (Wildman–Crippen LogP) is -0.169. The summed E-state index contributed by atoms with van der Waals surface area (Å²) in [6.45, 7) is 3.17. The number of carbonyl (C=O) groups excluding carboxylic acids is 1. The van der Waals surface area contributed by atoms with Gasteiger partial charge in [0.25, 0.3) is 0 Å². The maximum absolute atomic E-state index is 10.1. The second-order valence-electron chi connectivity index (χ2n) is 2.40. The number of carbonyl (C=O) groups is 1. The van der Waals surface area contributed by atoms with Gasteiger partial charge in [0.2, 0.25) is 0 Å². The van der Waals surface area contributed by atoms with Crippen molar-refractivity contribution < 1.29 is 9.53 Å². The fourth-order valence-corrected chi connectivity index (χ4v) is 0.588. The van der Waals surface area contributed by atoms with Crippen molar-refractivity contribution in [2.45, 2.75) is 6.92 Å². The molecule has 68 valence electrons. The van der Waals surface area contributed by atoms with Gasteiger partial charge >= 0.3 is 6.09 Å². The molecule has 0 bridgehead atoms. The first-order chi connectivity index (χ1) is 5.66. The Morgan fingerprint density at radius 2 is 2.50 bits per heavy atom. The van der Waals surface area contributed by atoms with E-state index in [9.17, 15) is 4.79 Å². The molecule has 0 aliphatic rings. The molecule has 0 rings (SSSR count). The maximum atomic E-state index is 10.1. The molecular formula is C7H13N3O2. The van der Waals surface area contributed by atoms with E-state index in [2.05, 4.69) is 16.1 Å². The number of ether oxygens (including phenoxy) is 1. The lowest BCUT2D eigenvalue weighted by Gasteiger charge is -2.04. The van der Waals surface area contributed by atoms with Crippen LogP contribution in [-0.2, 0) is 4.74 Å². The lowest BCUT2D eigenvalue weighted by molar-refractivity contribution is 0.157. The van der Waals surface area contributed by atoms with E-state index in [0.29, 0.717) is 13.1 Å². The quantitative estimate of drug-likeness (QED) is 0.562. The second-order valence-corrected chi connectivity index (χ2v) is 2.40. The van der Waals surface area contributed by atoms with E-state index in [-0.39, 0.29) is 12.5 Å². The SMILES string of the molecule is CC(C#N)CNCCOC(N)=O. The van der Waals surface area contributed by atoms with Gasteiger partial charge in [-0.05, 0) is 6.92 Å². The van der Waals surface area contributed by atoms with Crippen molar-refractivity contribution in [3.63, 3.8) is 0 Å². The molecule has 0 fully saturated rings. The van der Waals surface area contributed by atoms with Crippen LogP contribution in [0.4, 0.5) is 4.79 Å². The Balaban J connectivity index is 3.12. The van der Waals surface area contributed by atoms with Gasteiger partial charge in [-0.2, -0.15) is 5.26 Å². The Labute approximate surface area is 71.5 Å². The van der Waals surface area contributed by atoms with Crippen molar-refractivity contribution in [1.29, 1.82) is 5.26 Å². The van der Waals surface area contributed by atoms with E-state index in [1.807, 2.05) is 6.92 Å². The first-order valence-electron chi connectivity index (χ1n) is 3.69. The monoisotopic (exact) mass is 171 g/mol. The van der Waals surface area contributed by atoms with Crippen LogP contribution in [0.1, 0.15) is 6.92 Å². The van der Waals surface area contributed by atoms with Gasteiger partial charge < -0.3 is 15.8 Å². The number of primary amides is 1. The van der Waals surface area contributed by atoms with Gasteiger partial charge in [-0.25, -0.2) is 4.79 Å². The normalized spacial score (nSPS) is 11.7. The molecule has 0 heterocycles. The zero-order valence-corrected chi connectivity index (χ0v) is 7.04. The molecular weight excluding hydrogens is 158 g/mol. The Morgan fingerprint density at radius 1 is 1.83 bits per heavy atom. The van der Waals surface area contributed by atoms with E-state index >= 15 is 0 Å². The number of hydrogen-bond acceptors (Lipinski definition) is 4. The molecule has 1 amide bonds. The highest BCUT2D eigenvalue weighted by Gasteiger charge is 1.97. The molecule has 0 spiro atoms. The van der Waals surface area contributed by atoms with Gasteiger partial charge in [0, 0.05) is 13.1 Å². The minimum atomic E-state index is -0.773. The molecule has 3 N–H and O–H groups in total. The molecule has 0 saturated heterocycles. The number of nitrogens with one attached hydrogen (secondary N) is 1. The number of nitrogens with two attached hydrogens (primary N) is 1. The summed E-state index contributed by atoms with van der Waals surface area (Å²) in [6, 6.07) is 2.07. The van der Waals surface area contributed by atoms with Crippen molar-refractivity contribution in [3.05, 3.63) is 0 Å². The topological polar surface area (TPSA) is 88.1 Å². The molecule has 0 radical (unpaired) electrons. The molecule has 0 aromatic heterocycles. The van der Waals surface area contributed by atoms with Crippen molar-refractivity contribution >= 4 is 6.09 Å². The summed E-state index contributed by atoms with van der Waals surface area (Å²) >= 11 is 0. The summed E-state index contributed by atoms with van der Waals surface area (Å²) in [5.41, 5.74) is 4.72. The first kappa shape index (κ1) is 10.7. The number of hydrogen-bond donors (Lipinski definition) is 2. The molecule has 5 heteroatoms. The van der Waals surface area contributed by atoms with Crippen LogP contribution in [0.2, 0.25) is 0 Å². The minimum absolute atomic E-state index is 0.0291. The fraction of sp³-hybridized carbons (Fsp3) is 0.714. The van der Waals surface area contributed by atoms with Gasteiger partial charge in [-0.15, -0.1) is 0 Å². The number of nitrogens with zero attached hydrogens (tertiary/aromatic N) is 1. The number of rotatable bonds is 5. The van der Waals surface area contributed by atoms with Gasteiger partial charge in [0.05, 0.1) is 12.0 Å².